The highest BCUT2D eigenvalue weighted by Gasteiger charge is 2.18. The van der Waals surface area contributed by atoms with Gasteiger partial charge in [-0.1, -0.05) is 133 Å². The molecule has 0 aliphatic heterocycles. The highest BCUT2D eigenvalue weighted by atomic mass is 16.3. The van der Waals surface area contributed by atoms with E-state index in [0.717, 1.165) is 71.9 Å². The van der Waals surface area contributed by atoms with Crippen LogP contribution in [0, 0.1) is 0 Å². The molecule has 0 spiro atoms. The first-order chi connectivity index (χ1) is 27.7. The summed E-state index contributed by atoms with van der Waals surface area (Å²) in [7, 11) is 0. The van der Waals surface area contributed by atoms with Gasteiger partial charge < -0.3 is 8.98 Å². The van der Waals surface area contributed by atoms with Crippen molar-refractivity contribution in [3.05, 3.63) is 194 Å². The Morgan fingerprint density at radius 3 is 1.59 bits per heavy atom. The summed E-state index contributed by atoms with van der Waals surface area (Å²) in [6.07, 6.45) is 0. The van der Waals surface area contributed by atoms with Crippen molar-refractivity contribution in [1.29, 1.82) is 0 Å². The average molecular weight is 717 g/mol. The first-order valence-corrected chi connectivity index (χ1v) is 18.8. The van der Waals surface area contributed by atoms with E-state index in [-0.39, 0.29) is 0 Å². The molecule has 3 aromatic heterocycles. The van der Waals surface area contributed by atoms with Crippen LogP contribution in [0.1, 0.15) is 0 Å². The fraction of sp³-hybridized carbons (Fsp3) is 0. The van der Waals surface area contributed by atoms with E-state index in [4.69, 9.17) is 19.4 Å². The molecule has 0 N–H and O–H groups in total. The first kappa shape index (κ1) is 31.9. The monoisotopic (exact) mass is 716 g/mol. The Hall–Kier alpha value is -7.63. The molecule has 0 amide bonds. The molecule has 0 saturated heterocycles. The molecule has 0 bridgehead atoms. The van der Waals surface area contributed by atoms with Crippen LogP contribution in [0.4, 0.5) is 0 Å². The number of furan rings is 1. The van der Waals surface area contributed by atoms with E-state index < -0.39 is 0 Å². The zero-order valence-electron chi connectivity index (χ0n) is 30.2. The molecule has 11 aromatic rings. The average Bonchev–Trinajstić information content (AvgIpc) is 3.82. The molecule has 0 radical (unpaired) electrons. The van der Waals surface area contributed by atoms with Gasteiger partial charge in [-0.2, -0.15) is 0 Å². The molecule has 0 unspecified atom stereocenters. The molecular formula is C51H32N4O. The Bertz CT molecular complexity index is 3240. The maximum absolute atomic E-state index is 6.29. The molecule has 0 atom stereocenters. The van der Waals surface area contributed by atoms with Crippen molar-refractivity contribution in [2.45, 2.75) is 0 Å². The van der Waals surface area contributed by atoms with Crippen LogP contribution in [0.15, 0.2) is 199 Å². The fourth-order valence-electron chi connectivity index (χ4n) is 7.92. The van der Waals surface area contributed by atoms with Gasteiger partial charge in [0.15, 0.2) is 17.5 Å². The van der Waals surface area contributed by atoms with Crippen LogP contribution in [0.25, 0.3) is 106 Å². The lowest BCUT2D eigenvalue weighted by atomic mass is 9.98. The van der Waals surface area contributed by atoms with E-state index in [0.29, 0.717) is 17.5 Å². The summed E-state index contributed by atoms with van der Waals surface area (Å²) < 4.78 is 8.61. The third-order valence-electron chi connectivity index (χ3n) is 10.7. The molecule has 0 saturated carbocycles. The quantitative estimate of drug-likeness (QED) is 0.172. The van der Waals surface area contributed by atoms with E-state index in [1.165, 1.54) is 16.5 Å². The summed E-state index contributed by atoms with van der Waals surface area (Å²) >= 11 is 0. The number of para-hydroxylation sites is 3. The van der Waals surface area contributed by atoms with Gasteiger partial charge in [-0.25, -0.2) is 15.0 Å². The normalized spacial score (nSPS) is 11.6. The second-order valence-electron chi connectivity index (χ2n) is 14.1. The fourth-order valence-corrected chi connectivity index (χ4v) is 7.92. The van der Waals surface area contributed by atoms with Gasteiger partial charge in [0.1, 0.15) is 11.2 Å². The van der Waals surface area contributed by atoms with E-state index >= 15 is 0 Å². The van der Waals surface area contributed by atoms with E-state index in [1.54, 1.807) is 0 Å². The molecule has 11 rings (SSSR count). The third-order valence-corrected chi connectivity index (χ3v) is 10.7. The van der Waals surface area contributed by atoms with Gasteiger partial charge in [0.05, 0.1) is 11.0 Å². The number of fused-ring (bicyclic) bond motifs is 6. The number of hydrogen-bond acceptors (Lipinski definition) is 4. The molecule has 5 nitrogen and oxygen atoms in total. The van der Waals surface area contributed by atoms with Gasteiger partial charge in [-0.3, -0.25) is 0 Å². The van der Waals surface area contributed by atoms with Crippen LogP contribution in [-0.2, 0) is 0 Å². The van der Waals surface area contributed by atoms with Gasteiger partial charge in [-0.05, 0) is 82.9 Å². The highest BCUT2D eigenvalue weighted by molar-refractivity contribution is 6.10. The van der Waals surface area contributed by atoms with Crippen LogP contribution >= 0.6 is 0 Å². The van der Waals surface area contributed by atoms with Crippen molar-refractivity contribution in [2.24, 2.45) is 0 Å². The first-order valence-electron chi connectivity index (χ1n) is 18.8. The van der Waals surface area contributed by atoms with Crippen molar-refractivity contribution in [2.75, 3.05) is 0 Å². The lowest BCUT2D eigenvalue weighted by Gasteiger charge is -2.10. The lowest BCUT2D eigenvalue weighted by Crippen LogP contribution is -2.00. The van der Waals surface area contributed by atoms with Crippen LogP contribution in [0.2, 0.25) is 0 Å². The summed E-state index contributed by atoms with van der Waals surface area (Å²) in [4.78, 5) is 15.4. The lowest BCUT2D eigenvalue weighted by molar-refractivity contribution is 0.669. The van der Waals surface area contributed by atoms with Crippen LogP contribution in [-0.4, -0.2) is 19.5 Å². The van der Waals surface area contributed by atoms with Crippen molar-refractivity contribution >= 4 is 43.7 Å². The summed E-state index contributed by atoms with van der Waals surface area (Å²) in [6, 6.07) is 67.5. The maximum Gasteiger partial charge on any atom is 0.164 e. The Morgan fingerprint density at radius 1 is 0.304 bits per heavy atom. The van der Waals surface area contributed by atoms with Crippen LogP contribution in [0.3, 0.4) is 0 Å². The minimum atomic E-state index is 0.582. The predicted molar refractivity (Wildman–Crippen MR) is 229 cm³/mol. The van der Waals surface area contributed by atoms with Gasteiger partial charge in [0.25, 0.3) is 0 Å². The number of rotatable bonds is 6. The molecule has 0 aliphatic rings. The largest absolute Gasteiger partial charge is 0.456 e. The van der Waals surface area contributed by atoms with E-state index in [9.17, 15) is 0 Å². The van der Waals surface area contributed by atoms with Gasteiger partial charge in [-0.15, -0.1) is 0 Å². The highest BCUT2D eigenvalue weighted by Crippen LogP contribution is 2.37. The third kappa shape index (κ3) is 5.45. The zero-order valence-corrected chi connectivity index (χ0v) is 30.2. The molecule has 0 aliphatic carbocycles. The smallest absolute Gasteiger partial charge is 0.164 e. The summed E-state index contributed by atoms with van der Waals surface area (Å²) in [6.45, 7) is 0. The minimum absolute atomic E-state index is 0.582. The van der Waals surface area contributed by atoms with Gasteiger partial charge in [0, 0.05) is 43.9 Å². The van der Waals surface area contributed by atoms with Crippen molar-refractivity contribution in [1.82, 2.24) is 19.5 Å². The van der Waals surface area contributed by atoms with Crippen molar-refractivity contribution in [3.63, 3.8) is 0 Å². The molecule has 262 valence electrons. The summed E-state index contributed by atoms with van der Waals surface area (Å²) in [5.74, 6) is 1.79. The second kappa shape index (κ2) is 13.0. The molecule has 5 heteroatoms. The standard InChI is InChI=1S/C51H32N4O/c1-3-12-33(13-4-1)36-14-11-15-37(30-36)34-22-24-35(25-23-34)49-52-50(54-51(53-49)39-26-28-43-42-19-8-10-21-47(42)56-48(43)32-39)38-27-29-46-44(31-38)41-18-7-9-20-45(41)55(46)40-16-5-2-6-17-40/h1-32H. The Kier molecular flexibility index (Phi) is 7.42. The van der Waals surface area contributed by atoms with E-state index in [1.807, 2.05) is 36.4 Å². The second-order valence-corrected chi connectivity index (χ2v) is 14.1. The van der Waals surface area contributed by atoms with Crippen molar-refractivity contribution < 1.29 is 4.42 Å². The number of hydrogen-bond donors (Lipinski definition) is 0. The Balaban J connectivity index is 1.05. The SMILES string of the molecule is c1ccc(-c2cccc(-c3ccc(-c4nc(-c5ccc6c(c5)oc5ccccc56)nc(-c5ccc6c(c5)c5ccccc5n6-c5ccccc5)n4)cc3)c2)cc1. The number of aromatic nitrogens is 4. The van der Waals surface area contributed by atoms with E-state index in [2.05, 4.69) is 162 Å². The van der Waals surface area contributed by atoms with Crippen LogP contribution < -0.4 is 0 Å². The summed E-state index contributed by atoms with van der Waals surface area (Å²) in [5, 5.41) is 4.45. The topological polar surface area (TPSA) is 56.7 Å². The maximum atomic E-state index is 6.29. The van der Waals surface area contributed by atoms with Gasteiger partial charge in [0.2, 0.25) is 0 Å². The molecular weight excluding hydrogens is 685 g/mol. The Morgan fingerprint density at radius 2 is 0.821 bits per heavy atom. The molecule has 0 fully saturated rings. The minimum Gasteiger partial charge on any atom is -0.456 e. The molecule has 3 heterocycles. The molecule has 56 heavy (non-hydrogen) atoms. The van der Waals surface area contributed by atoms with Gasteiger partial charge >= 0.3 is 0 Å². The predicted octanol–water partition coefficient (Wildman–Crippen LogP) is 13.2. The van der Waals surface area contributed by atoms with Crippen molar-refractivity contribution in [3.8, 4) is 62.1 Å². The zero-order chi connectivity index (χ0) is 37.0. The Labute approximate surface area is 322 Å². The van der Waals surface area contributed by atoms with Crippen LogP contribution in [0.5, 0.6) is 0 Å². The number of benzene rings is 8. The molecule has 8 aromatic carbocycles. The summed E-state index contributed by atoms with van der Waals surface area (Å²) in [5.41, 5.74) is 12.4. The number of nitrogens with zero attached hydrogens (tertiary/aromatic N) is 4.